The zero-order valence-electron chi connectivity index (χ0n) is 10.3. The molecule has 6 heteroatoms. The lowest BCUT2D eigenvalue weighted by molar-refractivity contribution is -0.137. The van der Waals surface area contributed by atoms with Crippen molar-refractivity contribution in [1.82, 2.24) is 10.3 Å². The molecule has 0 bridgehead atoms. The molecule has 0 aromatic carbocycles. The number of carboxylic acid groups (broad SMARTS) is 1. The summed E-state index contributed by atoms with van der Waals surface area (Å²) < 4.78 is 0. The number of carbonyl (C=O) groups excluding carboxylic acids is 1. The van der Waals surface area contributed by atoms with E-state index in [1.807, 2.05) is 6.92 Å². The molecule has 1 aromatic heterocycles. The number of nitrogens with zero attached hydrogens (tertiary/aromatic N) is 1. The van der Waals surface area contributed by atoms with Gasteiger partial charge in [0.25, 0.3) is 5.91 Å². The van der Waals surface area contributed by atoms with Gasteiger partial charge in [-0.1, -0.05) is 0 Å². The molecule has 0 saturated carbocycles. The predicted octanol–water partition coefficient (Wildman–Crippen LogP) is 1.11. The van der Waals surface area contributed by atoms with E-state index in [-0.39, 0.29) is 12.3 Å². The number of carbonyl (C=O) groups is 2. The molecule has 1 amide bonds. The van der Waals surface area contributed by atoms with E-state index in [0.717, 1.165) is 5.69 Å². The van der Waals surface area contributed by atoms with Crippen LogP contribution < -0.4 is 10.6 Å². The van der Waals surface area contributed by atoms with Crippen LogP contribution in [0.3, 0.4) is 0 Å². The maximum atomic E-state index is 11.5. The molecule has 0 atom stereocenters. The van der Waals surface area contributed by atoms with Crippen LogP contribution in [0.25, 0.3) is 0 Å². The van der Waals surface area contributed by atoms with Crippen LogP contribution in [0.4, 0.5) is 5.69 Å². The van der Waals surface area contributed by atoms with E-state index in [9.17, 15) is 9.59 Å². The Hall–Kier alpha value is -2.11. The second-order valence-corrected chi connectivity index (χ2v) is 3.71. The minimum absolute atomic E-state index is 0.126. The third-order valence-corrected chi connectivity index (χ3v) is 2.23. The Balaban J connectivity index is 2.49. The first-order valence-corrected chi connectivity index (χ1v) is 5.83. The number of anilines is 1. The highest BCUT2D eigenvalue weighted by Crippen LogP contribution is 2.08. The maximum absolute atomic E-state index is 11.5. The van der Waals surface area contributed by atoms with Crippen LogP contribution in [0, 0.1) is 0 Å². The molecule has 0 aliphatic heterocycles. The van der Waals surface area contributed by atoms with E-state index in [1.54, 1.807) is 18.3 Å². The Morgan fingerprint density at radius 2 is 2.22 bits per heavy atom. The van der Waals surface area contributed by atoms with Gasteiger partial charge in [0.2, 0.25) is 0 Å². The largest absolute Gasteiger partial charge is 0.481 e. The molecule has 0 aliphatic rings. The van der Waals surface area contributed by atoms with Gasteiger partial charge in [-0.25, -0.2) is 0 Å². The fraction of sp³-hybridized carbons (Fsp3) is 0.417. The van der Waals surface area contributed by atoms with Crippen LogP contribution in [-0.2, 0) is 4.79 Å². The summed E-state index contributed by atoms with van der Waals surface area (Å²) in [6, 6.07) is 3.38. The van der Waals surface area contributed by atoms with Gasteiger partial charge in [-0.05, 0) is 25.5 Å². The minimum atomic E-state index is -0.811. The number of carboxylic acids is 1. The number of pyridine rings is 1. The van der Waals surface area contributed by atoms with Crippen LogP contribution in [-0.4, -0.2) is 35.1 Å². The second kappa shape index (κ2) is 7.26. The van der Waals surface area contributed by atoms with Crippen molar-refractivity contribution in [3.05, 3.63) is 24.0 Å². The molecule has 0 unspecified atom stereocenters. The highest BCUT2D eigenvalue weighted by molar-refractivity contribution is 5.93. The lowest BCUT2D eigenvalue weighted by Crippen LogP contribution is -2.23. The van der Waals surface area contributed by atoms with Gasteiger partial charge in [0.15, 0.2) is 0 Å². The van der Waals surface area contributed by atoms with Crippen molar-refractivity contribution < 1.29 is 14.7 Å². The van der Waals surface area contributed by atoms with Gasteiger partial charge in [-0.3, -0.25) is 14.6 Å². The first-order valence-electron chi connectivity index (χ1n) is 5.83. The first kappa shape index (κ1) is 14.0. The molecule has 18 heavy (non-hydrogen) atoms. The van der Waals surface area contributed by atoms with Crippen molar-refractivity contribution in [2.24, 2.45) is 0 Å². The molecular formula is C12H17N3O3. The van der Waals surface area contributed by atoms with E-state index in [2.05, 4.69) is 15.6 Å². The molecule has 6 nitrogen and oxygen atoms in total. The number of aromatic nitrogens is 1. The van der Waals surface area contributed by atoms with Gasteiger partial charge >= 0.3 is 5.97 Å². The highest BCUT2D eigenvalue weighted by Gasteiger charge is 2.06. The molecule has 0 saturated heterocycles. The molecule has 0 aliphatic carbocycles. The summed E-state index contributed by atoms with van der Waals surface area (Å²) in [5, 5.41) is 14.2. The number of hydrogen-bond acceptors (Lipinski definition) is 4. The van der Waals surface area contributed by atoms with Crippen molar-refractivity contribution in [2.45, 2.75) is 19.8 Å². The predicted molar refractivity (Wildman–Crippen MR) is 67.6 cm³/mol. The quantitative estimate of drug-likeness (QED) is 0.631. The minimum Gasteiger partial charge on any atom is -0.481 e. The van der Waals surface area contributed by atoms with Crippen LogP contribution in [0.5, 0.6) is 0 Å². The summed E-state index contributed by atoms with van der Waals surface area (Å²) in [5.41, 5.74) is 1.11. The van der Waals surface area contributed by atoms with Crippen molar-refractivity contribution in [2.75, 3.05) is 18.4 Å². The number of hydrogen-bond donors (Lipinski definition) is 3. The Bertz CT molecular complexity index is 421. The number of aliphatic carboxylic acids is 1. The van der Waals surface area contributed by atoms with E-state index < -0.39 is 5.97 Å². The van der Waals surface area contributed by atoms with Gasteiger partial charge in [0.1, 0.15) is 5.69 Å². The zero-order valence-corrected chi connectivity index (χ0v) is 10.3. The normalized spacial score (nSPS) is 9.83. The van der Waals surface area contributed by atoms with Gasteiger partial charge < -0.3 is 15.7 Å². The summed E-state index contributed by atoms with van der Waals surface area (Å²) in [6.45, 7) is 2.94. The number of nitrogens with one attached hydrogen (secondary N) is 2. The Morgan fingerprint density at radius 1 is 1.44 bits per heavy atom. The summed E-state index contributed by atoms with van der Waals surface area (Å²) >= 11 is 0. The third kappa shape index (κ3) is 4.82. The SMILES string of the molecule is CCNC(=O)c1cc(NCCCC(=O)O)ccn1. The number of rotatable bonds is 7. The second-order valence-electron chi connectivity index (χ2n) is 3.71. The molecule has 98 valence electrons. The third-order valence-electron chi connectivity index (χ3n) is 2.23. The average Bonchev–Trinajstić information content (AvgIpc) is 2.35. The monoisotopic (exact) mass is 251 g/mol. The van der Waals surface area contributed by atoms with E-state index >= 15 is 0 Å². The maximum Gasteiger partial charge on any atom is 0.303 e. The van der Waals surface area contributed by atoms with Crippen LogP contribution in [0.2, 0.25) is 0 Å². The highest BCUT2D eigenvalue weighted by atomic mass is 16.4. The van der Waals surface area contributed by atoms with Crippen molar-refractivity contribution >= 4 is 17.6 Å². The standard InChI is InChI=1S/C12H17N3O3/c1-2-13-12(18)10-8-9(5-7-15-10)14-6-3-4-11(16)17/h5,7-8H,2-4,6H2,1H3,(H,13,18)(H,14,15)(H,16,17). The van der Waals surface area contributed by atoms with Crippen molar-refractivity contribution in [3.63, 3.8) is 0 Å². The Labute approximate surface area is 105 Å². The molecule has 1 rings (SSSR count). The zero-order chi connectivity index (χ0) is 13.4. The van der Waals surface area contributed by atoms with Crippen molar-refractivity contribution in [3.8, 4) is 0 Å². The molecule has 1 aromatic rings. The molecule has 3 N–H and O–H groups in total. The lowest BCUT2D eigenvalue weighted by atomic mass is 10.2. The summed E-state index contributed by atoms with van der Waals surface area (Å²) in [4.78, 5) is 25.8. The molecule has 0 spiro atoms. The molecule has 0 fully saturated rings. The molecule has 0 radical (unpaired) electrons. The van der Waals surface area contributed by atoms with Crippen LogP contribution in [0.15, 0.2) is 18.3 Å². The molecule has 1 heterocycles. The van der Waals surface area contributed by atoms with Gasteiger partial charge in [-0.15, -0.1) is 0 Å². The average molecular weight is 251 g/mol. The van der Waals surface area contributed by atoms with Crippen LogP contribution >= 0.6 is 0 Å². The van der Waals surface area contributed by atoms with Crippen molar-refractivity contribution in [1.29, 1.82) is 0 Å². The van der Waals surface area contributed by atoms with Gasteiger partial charge in [0, 0.05) is 31.4 Å². The fourth-order valence-corrected chi connectivity index (χ4v) is 1.39. The topological polar surface area (TPSA) is 91.3 Å². The first-order chi connectivity index (χ1) is 8.63. The summed E-state index contributed by atoms with van der Waals surface area (Å²) in [7, 11) is 0. The fourth-order valence-electron chi connectivity index (χ4n) is 1.39. The smallest absolute Gasteiger partial charge is 0.303 e. The van der Waals surface area contributed by atoms with Gasteiger partial charge in [0.05, 0.1) is 0 Å². The van der Waals surface area contributed by atoms with E-state index in [4.69, 9.17) is 5.11 Å². The Morgan fingerprint density at radius 3 is 2.89 bits per heavy atom. The Kier molecular flexibility index (Phi) is 5.63. The summed E-state index contributed by atoms with van der Waals surface area (Å²) in [6.07, 6.45) is 2.21. The molecular weight excluding hydrogens is 234 g/mol. The summed E-state index contributed by atoms with van der Waals surface area (Å²) in [5.74, 6) is -1.03. The number of amides is 1. The lowest BCUT2D eigenvalue weighted by Gasteiger charge is -2.07. The van der Waals surface area contributed by atoms with Crippen LogP contribution in [0.1, 0.15) is 30.3 Å². The van der Waals surface area contributed by atoms with E-state index in [0.29, 0.717) is 25.2 Å². The van der Waals surface area contributed by atoms with Gasteiger partial charge in [-0.2, -0.15) is 0 Å². The van der Waals surface area contributed by atoms with E-state index in [1.165, 1.54) is 0 Å².